The molecule has 0 radical (unpaired) electrons. The van der Waals surface area contributed by atoms with Crippen LogP contribution in [0, 0.1) is 0 Å². The summed E-state index contributed by atoms with van der Waals surface area (Å²) in [6.07, 6.45) is 2.36. The topological polar surface area (TPSA) is 79.4 Å². The quantitative estimate of drug-likeness (QED) is 0.901. The number of hydrogen-bond acceptors (Lipinski definition) is 6. The van der Waals surface area contributed by atoms with Gasteiger partial charge in [0.15, 0.2) is 0 Å². The van der Waals surface area contributed by atoms with Crippen LogP contribution in [0.5, 0.6) is 0 Å². The summed E-state index contributed by atoms with van der Waals surface area (Å²) in [6.45, 7) is 2.87. The Morgan fingerprint density at radius 1 is 1.50 bits per heavy atom. The lowest BCUT2D eigenvalue weighted by Gasteiger charge is -2.25. The number of nitrogens with zero attached hydrogens (tertiary/aromatic N) is 2. The highest BCUT2D eigenvalue weighted by molar-refractivity contribution is 7.91. The van der Waals surface area contributed by atoms with Crippen molar-refractivity contribution in [3.8, 4) is 0 Å². The van der Waals surface area contributed by atoms with Crippen LogP contribution >= 0.6 is 22.7 Å². The molecule has 0 spiro atoms. The van der Waals surface area contributed by atoms with E-state index in [1.54, 1.807) is 17.2 Å². The fourth-order valence-electron chi connectivity index (χ4n) is 2.28. The van der Waals surface area contributed by atoms with Crippen molar-refractivity contribution >= 4 is 38.6 Å². The molecule has 0 unspecified atom stereocenters. The fourth-order valence-corrected chi connectivity index (χ4v) is 5.50. The Kier molecular flexibility index (Phi) is 4.31. The van der Waals surface area contributed by atoms with Crippen LogP contribution < -0.4 is 4.72 Å². The number of sulfonamides is 1. The van der Waals surface area contributed by atoms with E-state index in [0.717, 1.165) is 15.4 Å². The van der Waals surface area contributed by atoms with E-state index >= 15 is 0 Å². The van der Waals surface area contributed by atoms with Crippen LogP contribution in [0.3, 0.4) is 0 Å². The number of aromatic nitrogens is 1. The van der Waals surface area contributed by atoms with Crippen LogP contribution in [-0.2, 0) is 34.3 Å². The highest BCUT2D eigenvalue weighted by Crippen LogP contribution is 2.31. The van der Waals surface area contributed by atoms with Crippen LogP contribution in [-0.4, -0.2) is 30.8 Å². The second kappa shape index (κ2) is 6.07. The lowest BCUT2D eigenvalue weighted by atomic mass is 10.1. The number of nitrogens with one attached hydrogen (secondary N) is 1. The molecule has 0 bridgehead atoms. The SMILES string of the molecule is CC(=O)N1CCc2sc(S(=O)(=O)NCc3nccs3)cc2C1. The number of thiazole rings is 1. The van der Waals surface area contributed by atoms with Crippen molar-refractivity contribution in [2.75, 3.05) is 6.54 Å². The monoisotopic (exact) mass is 357 g/mol. The summed E-state index contributed by atoms with van der Waals surface area (Å²) in [5.41, 5.74) is 0.932. The maximum absolute atomic E-state index is 12.4. The van der Waals surface area contributed by atoms with E-state index in [0.29, 0.717) is 23.7 Å². The van der Waals surface area contributed by atoms with E-state index in [1.165, 1.54) is 29.6 Å². The van der Waals surface area contributed by atoms with Crippen molar-refractivity contribution < 1.29 is 13.2 Å². The molecule has 1 aliphatic heterocycles. The summed E-state index contributed by atoms with van der Waals surface area (Å²) >= 11 is 2.70. The third kappa shape index (κ3) is 3.22. The molecule has 118 valence electrons. The van der Waals surface area contributed by atoms with Crippen LogP contribution in [0.1, 0.15) is 22.4 Å². The second-order valence-corrected chi connectivity index (χ2v) is 9.06. The zero-order chi connectivity index (χ0) is 15.7. The molecule has 2 aromatic rings. The Hall–Kier alpha value is -1.29. The first-order valence-electron chi connectivity index (χ1n) is 6.71. The lowest BCUT2D eigenvalue weighted by molar-refractivity contribution is -0.129. The number of rotatable bonds is 4. The van der Waals surface area contributed by atoms with Crippen molar-refractivity contribution in [3.63, 3.8) is 0 Å². The van der Waals surface area contributed by atoms with Crippen molar-refractivity contribution in [3.05, 3.63) is 33.1 Å². The predicted octanol–water partition coefficient (Wildman–Crippen LogP) is 1.59. The molecular formula is C13H15N3O3S3. The highest BCUT2D eigenvalue weighted by Gasteiger charge is 2.25. The molecule has 1 N–H and O–H groups in total. The van der Waals surface area contributed by atoms with Gasteiger partial charge in [0.2, 0.25) is 15.9 Å². The van der Waals surface area contributed by atoms with E-state index in [1.807, 2.05) is 5.38 Å². The molecule has 0 saturated heterocycles. The van der Waals surface area contributed by atoms with E-state index in [-0.39, 0.29) is 12.5 Å². The minimum atomic E-state index is -3.54. The third-order valence-electron chi connectivity index (χ3n) is 3.45. The standard InChI is InChI=1S/C13H15N3O3S3/c1-9(17)16-4-2-11-10(8-16)6-13(21-11)22(18,19)15-7-12-14-3-5-20-12/h3,5-6,15H,2,4,7-8H2,1H3. The zero-order valence-electron chi connectivity index (χ0n) is 11.9. The Labute approximate surface area is 136 Å². The summed E-state index contributed by atoms with van der Waals surface area (Å²) in [7, 11) is -3.54. The van der Waals surface area contributed by atoms with Crippen LogP contribution in [0.15, 0.2) is 21.9 Å². The number of amides is 1. The third-order valence-corrected chi connectivity index (χ3v) is 7.34. The number of fused-ring (bicyclic) bond motifs is 1. The predicted molar refractivity (Wildman–Crippen MR) is 85.3 cm³/mol. The molecule has 22 heavy (non-hydrogen) atoms. The minimum absolute atomic E-state index is 0.0168. The number of carbonyl (C=O) groups excluding carboxylic acids is 1. The molecule has 3 heterocycles. The minimum Gasteiger partial charge on any atom is -0.338 e. The van der Waals surface area contributed by atoms with Gasteiger partial charge < -0.3 is 4.90 Å². The van der Waals surface area contributed by atoms with Gasteiger partial charge in [-0.1, -0.05) is 0 Å². The Bertz CT molecular complexity index is 781. The van der Waals surface area contributed by atoms with Gasteiger partial charge in [0.1, 0.15) is 9.22 Å². The number of thiophene rings is 1. The van der Waals surface area contributed by atoms with Gasteiger partial charge in [-0.15, -0.1) is 22.7 Å². The van der Waals surface area contributed by atoms with Gasteiger partial charge in [-0.2, -0.15) is 0 Å². The van der Waals surface area contributed by atoms with Crippen LogP contribution in [0.2, 0.25) is 0 Å². The van der Waals surface area contributed by atoms with Gasteiger partial charge in [-0.3, -0.25) is 4.79 Å². The summed E-state index contributed by atoms with van der Waals surface area (Å²) in [4.78, 5) is 18.3. The lowest BCUT2D eigenvalue weighted by Crippen LogP contribution is -2.33. The van der Waals surface area contributed by atoms with E-state index < -0.39 is 10.0 Å². The number of carbonyl (C=O) groups is 1. The molecule has 2 aromatic heterocycles. The van der Waals surface area contributed by atoms with Crippen LogP contribution in [0.25, 0.3) is 0 Å². The Morgan fingerprint density at radius 2 is 2.32 bits per heavy atom. The van der Waals surface area contributed by atoms with Gasteiger partial charge in [0, 0.05) is 36.5 Å². The van der Waals surface area contributed by atoms with E-state index in [2.05, 4.69) is 9.71 Å². The fraction of sp³-hybridized carbons (Fsp3) is 0.385. The largest absolute Gasteiger partial charge is 0.338 e. The van der Waals surface area contributed by atoms with Crippen molar-refractivity contribution in [1.82, 2.24) is 14.6 Å². The van der Waals surface area contributed by atoms with Gasteiger partial charge in [-0.25, -0.2) is 18.1 Å². The van der Waals surface area contributed by atoms with Crippen molar-refractivity contribution in [2.24, 2.45) is 0 Å². The van der Waals surface area contributed by atoms with Crippen LogP contribution in [0.4, 0.5) is 0 Å². The average Bonchev–Trinajstić information content (AvgIpc) is 3.13. The Morgan fingerprint density at radius 3 is 3.00 bits per heavy atom. The van der Waals surface area contributed by atoms with E-state index in [9.17, 15) is 13.2 Å². The van der Waals surface area contributed by atoms with Gasteiger partial charge in [0.05, 0.1) is 6.54 Å². The van der Waals surface area contributed by atoms with Gasteiger partial charge in [0.25, 0.3) is 0 Å². The maximum Gasteiger partial charge on any atom is 0.250 e. The molecular weight excluding hydrogens is 342 g/mol. The molecule has 1 aliphatic rings. The second-order valence-electron chi connectivity index (χ2n) is 4.95. The molecule has 0 saturated carbocycles. The zero-order valence-corrected chi connectivity index (χ0v) is 14.4. The van der Waals surface area contributed by atoms with Crippen molar-refractivity contribution in [1.29, 1.82) is 0 Å². The first kappa shape index (κ1) is 15.6. The average molecular weight is 357 g/mol. The highest BCUT2D eigenvalue weighted by atomic mass is 32.2. The number of hydrogen-bond donors (Lipinski definition) is 1. The smallest absolute Gasteiger partial charge is 0.250 e. The van der Waals surface area contributed by atoms with Gasteiger partial charge in [-0.05, 0) is 18.1 Å². The molecule has 0 atom stereocenters. The molecule has 0 aliphatic carbocycles. The molecule has 3 rings (SSSR count). The summed E-state index contributed by atoms with van der Waals surface area (Å²) in [6, 6.07) is 1.68. The summed E-state index contributed by atoms with van der Waals surface area (Å²) < 4.78 is 27.6. The molecule has 9 heteroatoms. The van der Waals surface area contributed by atoms with Gasteiger partial charge >= 0.3 is 0 Å². The summed E-state index contributed by atoms with van der Waals surface area (Å²) in [5, 5.41) is 2.54. The molecule has 6 nitrogen and oxygen atoms in total. The van der Waals surface area contributed by atoms with E-state index in [4.69, 9.17) is 0 Å². The molecule has 0 fully saturated rings. The first-order valence-corrected chi connectivity index (χ1v) is 9.89. The first-order chi connectivity index (χ1) is 10.5. The molecule has 0 aromatic carbocycles. The van der Waals surface area contributed by atoms with Crippen molar-refractivity contribution in [2.45, 2.75) is 30.6 Å². The summed E-state index contributed by atoms with van der Waals surface area (Å²) in [5.74, 6) is 0.0168. The Balaban J connectivity index is 1.76. The molecule has 1 amide bonds. The normalized spacial score (nSPS) is 14.9. The maximum atomic E-state index is 12.4.